The molecule has 0 radical (unpaired) electrons. The molecule has 0 amide bonds. The third-order valence-corrected chi connectivity index (χ3v) is 4.10. The van der Waals surface area contributed by atoms with Crippen LogP contribution in [-0.2, 0) is 9.53 Å². The molecule has 0 aromatic rings. The van der Waals surface area contributed by atoms with Gasteiger partial charge in [-0.05, 0) is 33.4 Å². The van der Waals surface area contributed by atoms with Crippen LogP contribution < -0.4 is 0 Å². The second kappa shape index (κ2) is 5.55. The molecule has 1 N–H and O–H groups in total. The SMILES string of the molecule is CN1CCOC(CN2CCCC(C)(C(=O)O)C2)C1. The number of likely N-dealkylation sites (tertiary alicyclic amines) is 1. The highest BCUT2D eigenvalue weighted by molar-refractivity contribution is 5.74. The minimum absolute atomic E-state index is 0.222. The first-order chi connectivity index (χ1) is 8.49. The van der Waals surface area contributed by atoms with E-state index in [4.69, 9.17) is 4.74 Å². The van der Waals surface area contributed by atoms with Crippen molar-refractivity contribution in [1.29, 1.82) is 0 Å². The van der Waals surface area contributed by atoms with Gasteiger partial charge in [-0.2, -0.15) is 0 Å². The zero-order valence-corrected chi connectivity index (χ0v) is 11.4. The molecule has 2 aliphatic rings. The molecule has 5 heteroatoms. The maximum atomic E-state index is 11.3. The van der Waals surface area contributed by atoms with E-state index in [1.807, 2.05) is 6.92 Å². The van der Waals surface area contributed by atoms with Gasteiger partial charge in [0.05, 0.1) is 18.1 Å². The van der Waals surface area contributed by atoms with Crippen LogP contribution in [0, 0.1) is 5.41 Å². The molecular weight excluding hydrogens is 232 g/mol. The Kier molecular flexibility index (Phi) is 4.25. The summed E-state index contributed by atoms with van der Waals surface area (Å²) in [4.78, 5) is 15.8. The van der Waals surface area contributed by atoms with E-state index < -0.39 is 11.4 Å². The smallest absolute Gasteiger partial charge is 0.310 e. The van der Waals surface area contributed by atoms with Crippen LogP contribution >= 0.6 is 0 Å². The molecule has 2 unspecified atom stereocenters. The molecule has 2 fully saturated rings. The standard InChI is InChI=1S/C13H24N2O3/c1-13(12(16)17)4-3-5-15(10-13)9-11-8-14(2)6-7-18-11/h11H,3-10H2,1-2H3,(H,16,17). The summed E-state index contributed by atoms with van der Waals surface area (Å²) in [6.07, 6.45) is 1.97. The lowest BCUT2D eigenvalue weighted by Gasteiger charge is -2.40. The lowest BCUT2D eigenvalue weighted by molar-refractivity contribution is -0.152. The van der Waals surface area contributed by atoms with Crippen molar-refractivity contribution in [1.82, 2.24) is 9.80 Å². The van der Waals surface area contributed by atoms with Crippen LogP contribution in [0.15, 0.2) is 0 Å². The Morgan fingerprint density at radius 3 is 2.94 bits per heavy atom. The van der Waals surface area contributed by atoms with Gasteiger partial charge in [-0.3, -0.25) is 9.69 Å². The van der Waals surface area contributed by atoms with Crippen LogP contribution in [0.5, 0.6) is 0 Å². The Bertz CT molecular complexity index is 311. The Balaban J connectivity index is 1.87. The first kappa shape index (κ1) is 13.8. The summed E-state index contributed by atoms with van der Waals surface area (Å²) in [7, 11) is 2.10. The van der Waals surface area contributed by atoms with Gasteiger partial charge in [-0.25, -0.2) is 0 Å². The highest BCUT2D eigenvalue weighted by atomic mass is 16.5. The Morgan fingerprint density at radius 1 is 1.50 bits per heavy atom. The summed E-state index contributed by atoms with van der Waals surface area (Å²) < 4.78 is 5.75. The largest absolute Gasteiger partial charge is 0.481 e. The molecule has 18 heavy (non-hydrogen) atoms. The fourth-order valence-corrected chi connectivity index (χ4v) is 2.94. The first-order valence-corrected chi connectivity index (χ1v) is 6.75. The lowest BCUT2D eigenvalue weighted by atomic mass is 9.82. The number of carboxylic acid groups (broad SMARTS) is 1. The third-order valence-electron chi connectivity index (χ3n) is 4.10. The number of morpholine rings is 1. The number of hydrogen-bond acceptors (Lipinski definition) is 4. The van der Waals surface area contributed by atoms with E-state index in [2.05, 4.69) is 16.8 Å². The number of likely N-dealkylation sites (N-methyl/N-ethyl adjacent to an activating group) is 1. The van der Waals surface area contributed by atoms with Crippen LogP contribution in [0.4, 0.5) is 0 Å². The van der Waals surface area contributed by atoms with Gasteiger partial charge in [0.1, 0.15) is 0 Å². The van der Waals surface area contributed by atoms with Gasteiger partial charge in [0, 0.05) is 26.2 Å². The molecule has 0 aromatic heterocycles. The maximum absolute atomic E-state index is 11.3. The molecule has 2 heterocycles. The minimum Gasteiger partial charge on any atom is -0.481 e. The van der Waals surface area contributed by atoms with Crippen molar-refractivity contribution in [2.45, 2.75) is 25.9 Å². The van der Waals surface area contributed by atoms with Crippen molar-refractivity contribution >= 4 is 5.97 Å². The van der Waals surface area contributed by atoms with Gasteiger partial charge >= 0.3 is 5.97 Å². The summed E-state index contributed by atoms with van der Waals surface area (Å²) in [6, 6.07) is 0. The number of carboxylic acids is 1. The molecule has 0 aliphatic carbocycles. The van der Waals surface area contributed by atoms with Gasteiger partial charge in [0.2, 0.25) is 0 Å². The van der Waals surface area contributed by atoms with Gasteiger partial charge in [-0.1, -0.05) is 0 Å². The predicted molar refractivity (Wildman–Crippen MR) is 68.7 cm³/mol. The molecular formula is C13H24N2O3. The van der Waals surface area contributed by atoms with E-state index in [1.165, 1.54) is 0 Å². The second-order valence-electron chi connectivity index (χ2n) is 5.96. The van der Waals surface area contributed by atoms with Crippen LogP contribution in [0.3, 0.4) is 0 Å². The molecule has 0 saturated carbocycles. The molecule has 2 aliphatic heterocycles. The molecule has 0 spiro atoms. The molecule has 2 atom stereocenters. The topological polar surface area (TPSA) is 53.0 Å². The predicted octanol–water partition coefficient (Wildman–Crippen LogP) is 0.504. The number of carbonyl (C=O) groups is 1. The highest BCUT2D eigenvalue weighted by Crippen LogP contribution is 2.29. The van der Waals surface area contributed by atoms with Crippen molar-refractivity contribution in [3.8, 4) is 0 Å². The molecule has 2 saturated heterocycles. The Morgan fingerprint density at radius 2 is 2.28 bits per heavy atom. The molecule has 0 bridgehead atoms. The van der Waals surface area contributed by atoms with Crippen molar-refractivity contribution in [2.75, 3.05) is 46.4 Å². The fraction of sp³-hybridized carbons (Fsp3) is 0.923. The van der Waals surface area contributed by atoms with Gasteiger partial charge in [0.15, 0.2) is 0 Å². The normalized spacial score (nSPS) is 35.6. The quantitative estimate of drug-likeness (QED) is 0.797. The van der Waals surface area contributed by atoms with E-state index in [0.717, 1.165) is 45.6 Å². The Labute approximate surface area is 109 Å². The van der Waals surface area contributed by atoms with Crippen LogP contribution in [0.2, 0.25) is 0 Å². The maximum Gasteiger partial charge on any atom is 0.310 e. The number of ether oxygens (including phenoxy) is 1. The summed E-state index contributed by atoms with van der Waals surface area (Å²) in [5, 5.41) is 9.30. The van der Waals surface area contributed by atoms with E-state index in [-0.39, 0.29) is 6.10 Å². The van der Waals surface area contributed by atoms with Gasteiger partial charge < -0.3 is 14.7 Å². The number of piperidine rings is 1. The average molecular weight is 256 g/mol. The van der Waals surface area contributed by atoms with Crippen LogP contribution in [0.25, 0.3) is 0 Å². The van der Waals surface area contributed by atoms with Gasteiger partial charge in [0.25, 0.3) is 0 Å². The zero-order chi connectivity index (χ0) is 13.2. The average Bonchev–Trinajstić information content (AvgIpc) is 2.29. The van der Waals surface area contributed by atoms with E-state index in [1.54, 1.807) is 0 Å². The number of rotatable bonds is 3. The molecule has 2 rings (SSSR count). The summed E-state index contributed by atoms with van der Waals surface area (Å²) in [5.74, 6) is -0.672. The van der Waals surface area contributed by atoms with Crippen LogP contribution in [0.1, 0.15) is 19.8 Å². The highest BCUT2D eigenvalue weighted by Gasteiger charge is 2.38. The minimum atomic E-state index is -0.672. The molecule has 104 valence electrons. The van der Waals surface area contributed by atoms with E-state index in [0.29, 0.717) is 6.54 Å². The second-order valence-corrected chi connectivity index (χ2v) is 5.96. The molecule has 0 aromatic carbocycles. The lowest BCUT2D eigenvalue weighted by Crippen LogP contribution is -2.51. The summed E-state index contributed by atoms with van der Waals surface area (Å²) in [5.41, 5.74) is -0.585. The summed E-state index contributed by atoms with van der Waals surface area (Å²) in [6.45, 7) is 7.07. The van der Waals surface area contributed by atoms with Crippen molar-refractivity contribution in [3.63, 3.8) is 0 Å². The number of nitrogens with zero attached hydrogens (tertiary/aromatic N) is 2. The third kappa shape index (κ3) is 3.22. The fourth-order valence-electron chi connectivity index (χ4n) is 2.94. The van der Waals surface area contributed by atoms with E-state index >= 15 is 0 Å². The number of hydrogen-bond donors (Lipinski definition) is 1. The molecule has 5 nitrogen and oxygen atoms in total. The van der Waals surface area contributed by atoms with Crippen molar-refractivity contribution < 1.29 is 14.6 Å². The zero-order valence-electron chi connectivity index (χ0n) is 11.4. The number of aliphatic carboxylic acids is 1. The first-order valence-electron chi connectivity index (χ1n) is 6.75. The van der Waals surface area contributed by atoms with Crippen molar-refractivity contribution in [3.05, 3.63) is 0 Å². The van der Waals surface area contributed by atoms with Crippen molar-refractivity contribution in [2.24, 2.45) is 5.41 Å². The summed E-state index contributed by atoms with van der Waals surface area (Å²) >= 11 is 0. The van der Waals surface area contributed by atoms with E-state index in [9.17, 15) is 9.90 Å². The van der Waals surface area contributed by atoms with Crippen LogP contribution in [-0.4, -0.2) is 73.4 Å². The van der Waals surface area contributed by atoms with Gasteiger partial charge in [-0.15, -0.1) is 0 Å². The monoisotopic (exact) mass is 256 g/mol. The Hall–Kier alpha value is -0.650.